The molecule has 9 heteroatoms. The smallest absolute Gasteiger partial charge is 0.264 e. The lowest BCUT2D eigenvalue weighted by Gasteiger charge is -2.36. The van der Waals surface area contributed by atoms with Gasteiger partial charge in [-0.15, -0.1) is 11.3 Å². The van der Waals surface area contributed by atoms with E-state index in [4.69, 9.17) is 11.6 Å². The first-order valence-corrected chi connectivity index (χ1v) is 10.6. The zero-order valence-electron chi connectivity index (χ0n) is 16.0. The van der Waals surface area contributed by atoms with Gasteiger partial charge in [-0.25, -0.2) is 4.98 Å². The second-order valence-corrected chi connectivity index (χ2v) is 8.47. The first-order valence-electron chi connectivity index (χ1n) is 9.45. The normalized spacial score (nSPS) is 14.3. The number of piperazine rings is 1. The number of aromatic nitrogens is 2. The summed E-state index contributed by atoms with van der Waals surface area (Å²) >= 11 is 7.25. The van der Waals surface area contributed by atoms with Gasteiger partial charge in [-0.05, 0) is 42.5 Å². The zero-order valence-corrected chi connectivity index (χ0v) is 17.6. The number of aromatic amines is 1. The highest BCUT2D eigenvalue weighted by Gasteiger charge is 2.23. The molecule has 2 N–H and O–H groups in total. The maximum absolute atomic E-state index is 12.5. The van der Waals surface area contributed by atoms with Gasteiger partial charge in [-0.1, -0.05) is 11.6 Å². The SMILES string of the molecule is O=C(/C=C\c1cnc[nH]1)Nc1ccc(N2CCN(C(=O)c3ccc(Cl)s3)CC2)cc1. The molecule has 30 heavy (non-hydrogen) atoms. The summed E-state index contributed by atoms with van der Waals surface area (Å²) in [5.74, 6) is -0.175. The first-order chi connectivity index (χ1) is 14.6. The molecule has 0 radical (unpaired) electrons. The molecule has 3 aromatic rings. The summed E-state index contributed by atoms with van der Waals surface area (Å²) in [6.45, 7) is 2.82. The standard InChI is InChI=1S/C21H20ClN5O2S/c22-19-7-6-18(30-19)21(29)27-11-9-26(10-12-27)17-4-1-15(2-5-17)25-20(28)8-3-16-13-23-14-24-16/h1-8,13-14H,9-12H2,(H,23,24)(H,25,28)/b8-3-. The molecule has 1 aromatic carbocycles. The van der Waals surface area contributed by atoms with Crippen LogP contribution in [-0.2, 0) is 4.79 Å². The van der Waals surface area contributed by atoms with Crippen LogP contribution < -0.4 is 10.2 Å². The minimum Gasteiger partial charge on any atom is -0.368 e. The lowest BCUT2D eigenvalue weighted by atomic mass is 10.2. The number of H-pyrrole nitrogens is 1. The van der Waals surface area contributed by atoms with Crippen molar-refractivity contribution in [3.63, 3.8) is 0 Å². The fourth-order valence-electron chi connectivity index (χ4n) is 3.22. The van der Waals surface area contributed by atoms with E-state index in [0.717, 1.165) is 30.2 Å². The van der Waals surface area contributed by atoms with Crippen LogP contribution in [0.1, 0.15) is 15.4 Å². The van der Waals surface area contributed by atoms with Crippen molar-refractivity contribution in [1.82, 2.24) is 14.9 Å². The number of anilines is 2. The van der Waals surface area contributed by atoms with Crippen molar-refractivity contribution in [3.8, 4) is 0 Å². The van der Waals surface area contributed by atoms with Gasteiger partial charge in [0, 0.05) is 43.6 Å². The Balaban J connectivity index is 1.29. The van der Waals surface area contributed by atoms with Gasteiger partial charge in [0.1, 0.15) is 0 Å². The zero-order chi connectivity index (χ0) is 20.9. The highest BCUT2D eigenvalue weighted by molar-refractivity contribution is 7.17. The van der Waals surface area contributed by atoms with Crippen molar-refractivity contribution in [1.29, 1.82) is 0 Å². The molecule has 3 heterocycles. The second kappa shape index (κ2) is 9.15. The van der Waals surface area contributed by atoms with E-state index in [-0.39, 0.29) is 11.8 Å². The molecule has 1 fully saturated rings. The maximum Gasteiger partial charge on any atom is 0.264 e. The van der Waals surface area contributed by atoms with Crippen molar-refractivity contribution in [3.05, 3.63) is 69.9 Å². The van der Waals surface area contributed by atoms with Gasteiger partial charge in [0.05, 0.1) is 27.4 Å². The second-order valence-electron chi connectivity index (χ2n) is 6.76. The minimum absolute atomic E-state index is 0.0350. The van der Waals surface area contributed by atoms with Crippen molar-refractivity contribution >= 4 is 52.2 Å². The number of nitrogens with one attached hydrogen (secondary N) is 2. The Morgan fingerprint density at radius 3 is 2.50 bits per heavy atom. The van der Waals surface area contributed by atoms with Crippen LogP contribution >= 0.6 is 22.9 Å². The van der Waals surface area contributed by atoms with Crippen molar-refractivity contribution < 1.29 is 9.59 Å². The third kappa shape index (κ3) is 4.90. The van der Waals surface area contributed by atoms with E-state index in [1.54, 1.807) is 30.7 Å². The fourth-order valence-corrected chi connectivity index (χ4v) is 4.23. The molecule has 1 aliphatic heterocycles. The number of amides is 2. The third-order valence-corrected chi connectivity index (χ3v) is 6.00. The Kier molecular flexibility index (Phi) is 6.15. The molecule has 154 valence electrons. The molecule has 0 atom stereocenters. The Hall–Kier alpha value is -3.10. The van der Waals surface area contributed by atoms with Crippen molar-refractivity contribution in [2.24, 2.45) is 0 Å². The lowest BCUT2D eigenvalue weighted by Crippen LogP contribution is -2.48. The molecule has 0 spiro atoms. The molecule has 1 aliphatic rings. The summed E-state index contributed by atoms with van der Waals surface area (Å²) in [6.07, 6.45) is 6.32. The number of thiophene rings is 1. The average Bonchev–Trinajstić information content (AvgIpc) is 3.44. The maximum atomic E-state index is 12.5. The van der Waals surface area contributed by atoms with Crippen LogP contribution in [0, 0.1) is 0 Å². The monoisotopic (exact) mass is 441 g/mol. The Bertz CT molecular complexity index is 1040. The predicted molar refractivity (Wildman–Crippen MR) is 120 cm³/mol. The quantitative estimate of drug-likeness (QED) is 0.591. The molecule has 0 bridgehead atoms. The number of halogens is 1. The van der Waals surface area contributed by atoms with Crippen molar-refractivity contribution in [2.75, 3.05) is 36.4 Å². The number of carbonyl (C=O) groups excluding carboxylic acids is 2. The van der Waals surface area contributed by atoms with E-state index < -0.39 is 0 Å². The Morgan fingerprint density at radius 2 is 1.87 bits per heavy atom. The predicted octanol–water partition coefficient (Wildman–Crippen LogP) is 3.74. The Labute approximate surface area is 183 Å². The summed E-state index contributed by atoms with van der Waals surface area (Å²) in [4.78, 5) is 36.1. The van der Waals surface area contributed by atoms with E-state index in [1.807, 2.05) is 29.2 Å². The number of rotatable bonds is 5. The number of hydrogen-bond donors (Lipinski definition) is 2. The van der Waals surface area contributed by atoms with Gasteiger partial charge in [0.25, 0.3) is 5.91 Å². The van der Waals surface area contributed by atoms with E-state index in [0.29, 0.717) is 22.3 Å². The third-order valence-electron chi connectivity index (χ3n) is 4.78. The summed E-state index contributed by atoms with van der Waals surface area (Å²) in [7, 11) is 0. The molecular formula is C21H20ClN5O2S. The molecule has 2 amide bonds. The summed E-state index contributed by atoms with van der Waals surface area (Å²) in [5, 5.41) is 2.84. The van der Waals surface area contributed by atoms with Crippen LogP contribution in [0.3, 0.4) is 0 Å². The molecule has 7 nitrogen and oxygen atoms in total. The number of imidazole rings is 1. The van der Waals surface area contributed by atoms with Gasteiger partial charge in [-0.3, -0.25) is 9.59 Å². The van der Waals surface area contributed by atoms with E-state index >= 15 is 0 Å². The molecule has 0 unspecified atom stereocenters. The molecule has 0 aliphatic carbocycles. The number of carbonyl (C=O) groups is 2. The first kappa shape index (κ1) is 20.2. The summed E-state index contributed by atoms with van der Waals surface area (Å²) in [6, 6.07) is 11.2. The summed E-state index contributed by atoms with van der Waals surface area (Å²) in [5.41, 5.74) is 2.55. The van der Waals surface area contributed by atoms with Crippen LogP contribution in [0.4, 0.5) is 11.4 Å². The van der Waals surface area contributed by atoms with Crippen molar-refractivity contribution in [2.45, 2.75) is 0 Å². The minimum atomic E-state index is -0.210. The number of benzene rings is 1. The largest absolute Gasteiger partial charge is 0.368 e. The molecule has 1 saturated heterocycles. The molecular weight excluding hydrogens is 422 g/mol. The van der Waals surface area contributed by atoms with E-state index in [2.05, 4.69) is 20.2 Å². The van der Waals surface area contributed by atoms with Crippen LogP contribution in [0.15, 0.2) is 55.0 Å². The van der Waals surface area contributed by atoms with Crippen LogP contribution in [-0.4, -0.2) is 52.9 Å². The van der Waals surface area contributed by atoms with E-state index in [9.17, 15) is 9.59 Å². The number of nitrogens with zero attached hydrogens (tertiary/aromatic N) is 3. The summed E-state index contributed by atoms with van der Waals surface area (Å²) < 4.78 is 0.626. The van der Waals surface area contributed by atoms with Gasteiger partial charge in [-0.2, -0.15) is 0 Å². The van der Waals surface area contributed by atoms with Crippen LogP contribution in [0.2, 0.25) is 4.34 Å². The fraction of sp³-hybridized carbons (Fsp3) is 0.190. The Morgan fingerprint density at radius 1 is 1.10 bits per heavy atom. The molecule has 2 aromatic heterocycles. The molecule has 4 rings (SSSR count). The number of hydrogen-bond acceptors (Lipinski definition) is 5. The average molecular weight is 442 g/mol. The molecule has 0 saturated carbocycles. The van der Waals surface area contributed by atoms with Crippen LogP contribution in [0.25, 0.3) is 6.08 Å². The van der Waals surface area contributed by atoms with Crippen LogP contribution in [0.5, 0.6) is 0 Å². The van der Waals surface area contributed by atoms with Gasteiger partial charge < -0.3 is 20.1 Å². The highest BCUT2D eigenvalue weighted by atomic mass is 35.5. The lowest BCUT2D eigenvalue weighted by molar-refractivity contribution is -0.111. The van der Waals surface area contributed by atoms with Gasteiger partial charge in [0.2, 0.25) is 5.91 Å². The highest BCUT2D eigenvalue weighted by Crippen LogP contribution is 2.24. The van der Waals surface area contributed by atoms with Gasteiger partial charge in [0.15, 0.2) is 0 Å². The van der Waals surface area contributed by atoms with Gasteiger partial charge >= 0.3 is 0 Å². The topological polar surface area (TPSA) is 81.3 Å². The van der Waals surface area contributed by atoms with E-state index in [1.165, 1.54) is 17.4 Å².